The average molecular weight is 293 g/mol. The first-order chi connectivity index (χ1) is 10.6. The summed E-state index contributed by atoms with van der Waals surface area (Å²) in [7, 11) is 0. The fourth-order valence-corrected chi connectivity index (χ4v) is 2.64. The zero-order valence-corrected chi connectivity index (χ0v) is 12.8. The number of carbonyl (C=O) groups is 1. The lowest BCUT2D eigenvalue weighted by Crippen LogP contribution is -2.09. The Balaban J connectivity index is 1.65. The molecule has 0 spiro atoms. The molecule has 0 saturated carbocycles. The standard InChI is InChI=1S/C19H19NO2/c1-13-7-8-15(14(2)9-13)11-22-12-19(21)17-10-20-18-6-4-3-5-16(17)18/h3-10,20H,11-12H2,1-2H3. The van der Waals surface area contributed by atoms with Gasteiger partial charge < -0.3 is 9.72 Å². The van der Waals surface area contributed by atoms with Crippen molar-refractivity contribution in [3.63, 3.8) is 0 Å². The summed E-state index contributed by atoms with van der Waals surface area (Å²) in [6, 6.07) is 14.0. The fraction of sp³-hybridized carbons (Fsp3) is 0.211. The second kappa shape index (κ2) is 6.16. The molecular formula is C19H19NO2. The van der Waals surface area contributed by atoms with E-state index in [0.717, 1.165) is 16.5 Å². The molecule has 0 saturated heterocycles. The molecule has 3 nitrogen and oxygen atoms in total. The average Bonchev–Trinajstić information content (AvgIpc) is 2.93. The van der Waals surface area contributed by atoms with Gasteiger partial charge in [0.15, 0.2) is 5.78 Å². The number of ketones is 1. The molecule has 0 amide bonds. The summed E-state index contributed by atoms with van der Waals surface area (Å²) in [6.07, 6.45) is 1.76. The van der Waals surface area contributed by atoms with Crippen molar-refractivity contribution in [2.45, 2.75) is 20.5 Å². The third kappa shape index (κ3) is 2.95. The Morgan fingerprint density at radius 3 is 2.77 bits per heavy atom. The Morgan fingerprint density at radius 1 is 1.14 bits per heavy atom. The molecule has 3 heteroatoms. The monoisotopic (exact) mass is 293 g/mol. The van der Waals surface area contributed by atoms with Crippen LogP contribution in [0.5, 0.6) is 0 Å². The largest absolute Gasteiger partial charge is 0.369 e. The fourth-order valence-electron chi connectivity index (χ4n) is 2.64. The highest BCUT2D eigenvalue weighted by atomic mass is 16.5. The van der Waals surface area contributed by atoms with Gasteiger partial charge in [-0.25, -0.2) is 0 Å². The van der Waals surface area contributed by atoms with Gasteiger partial charge in [-0.15, -0.1) is 0 Å². The molecule has 2 aromatic carbocycles. The first kappa shape index (κ1) is 14.5. The predicted molar refractivity (Wildman–Crippen MR) is 88.2 cm³/mol. The van der Waals surface area contributed by atoms with Crippen molar-refractivity contribution >= 4 is 16.7 Å². The van der Waals surface area contributed by atoms with Crippen molar-refractivity contribution in [2.75, 3.05) is 6.61 Å². The normalized spacial score (nSPS) is 11.0. The molecule has 1 aromatic heterocycles. The SMILES string of the molecule is Cc1ccc(COCC(=O)c2c[nH]c3ccccc23)c(C)c1. The molecule has 0 aliphatic rings. The Kier molecular flexibility index (Phi) is 4.07. The summed E-state index contributed by atoms with van der Waals surface area (Å²) in [5, 5.41) is 0.947. The van der Waals surface area contributed by atoms with Crippen LogP contribution in [-0.2, 0) is 11.3 Å². The third-order valence-corrected chi connectivity index (χ3v) is 3.88. The van der Waals surface area contributed by atoms with Crippen LogP contribution >= 0.6 is 0 Å². The van der Waals surface area contributed by atoms with Crippen LogP contribution in [0.25, 0.3) is 10.9 Å². The van der Waals surface area contributed by atoms with E-state index >= 15 is 0 Å². The molecule has 0 unspecified atom stereocenters. The van der Waals surface area contributed by atoms with Crippen LogP contribution in [0.2, 0.25) is 0 Å². The maximum Gasteiger partial charge on any atom is 0.190 e. The van der Waals surface area contributed by atoms with Gasteiger partial charge in [0.05, 0.1) is 6.61 Å². The highest BCUT2D eigenvalue weighted by molar-refractivity contribution is 6.08. The summed E-state index contributed by atoms with van der Waals surface area (Å²) in [5.41, 5.74) is 5.21. The topological polar surface area (TPSA) is 42.1 Å². The number of rotatable bonds is 5. The number of ether oxygens (including phenoxy) is 1. The summed E-state index contributed by atoms with van der Waals surface area (Å²) >= 11 is 0. The van der Waals surface area contributed by atoms with E-state index in [1.165, 1.54) is 11.1 Å². The molecule has 1 heterocycles. The molecule has 22 heavy (non-hydrogen) atoms. The third-order valence-electron chi connectivity index (χ3n) is 3.88. The van der Waals surface area contributed by atoms with Gasteiger partial charge in [-0.2, -0.15) is 0 Å². The van der Waals surface area contributed by atoms with Crippen LogP contribution in [0.1, 0.15) is 27.0 Å². The first-order valence-electron chi connectivity index (χ1n) is 7.38. The lowest BCUT2D eigenvalue weighted by molar-refractivity contribution is 0.0727. The zero-order valence-electron chi connectivity index (χ0n) is 12.8. The van der Waals surface area contributed by atoms with Gasteiger partial charge in [0.25, 0.3) is 0 Å². The lowest BCUT2D eigenvalue weighted by atomic mass is 10.1. The van der Waals surface area contributed by atoms with Gasteiger partial charge >= 0.3 is 0 Å². The molecule has 112 valence electrons. The zero-order chi connectivity index (χ0) is 15.5. The molecule has 0 aliphatic carbocycles. The second-order valence-corrected chi connectivity index (χ2v) is 5.59. The maximum absolute atomic E-state index is 12.3. The predicted octanol–water partition coefficient (Wildman–Crippen LogP) is 4.18. The summed E-state index contributed by atoms with van der Waals surface area (Å²) < 4.78 is 5.61. The molecule has 0 radical (unpaired) electrons. The number of para-hydroxylation sites is 1. The Hall–Kier alpha value is -2.39. The van der Waals surface area contributed by atoms with E-state index in [4.69, 9.17) is 4.74 Å². The Labute approximate surface area is 129 Å². The van der Waals surface area contributed by atoms with Gasteiger partial charge in [0.1, 0.15) is 6.61 Å². The quantitative estimate of drug-likeness (QED) is 0.717. The molecule has 0 atom stereocenters. The van der Waals surface area contributed by atoms with Gasteiger partial charge in [0.2, 0.25) is 0 Å². The number of aryl methyl sites for hydroxylation is 2. The number of fused-ring (bicyclic) bond motifs is 1. The molecule has 0 fully saturated rings. The van der Waals surface area contributed by atoms with Crippen LogP contribution in [0, 0.1) is 13.8 Å². The van der Waals surface area contributed by atoms with Crippen LogP contribution in [0.3, 0.4) is 0 Å². The summed E-state index contributed by atoms with van der Waals surface area (Å²) in [5.74, 6) is 0.00205. The van der Waals surface area contributed by atoms with Crippen molar-refractivity contribution in [3.05, 3.63) is 70.9 Å². The Bertz CT molecular complexity index is 817. The minimum Gasteiger partial charge on any atom is -0.369 e. The number of aromatic amines is 1. The molecular weight excluding hydrogens is 274 g/mol. The van der Waals surface area contributed by atoms with E-state index in [-0.39, 0.29) is 12.4 Å². The van der Waals surface area contributed by atoms with E-state index in [1.807, 2.05) is 24.3 Å². The molecule has 0 aliphatic heterocycles. The minimum atomic E-state index is 0.00205. The summed E-state index contributed by atoms with van der Waals surface area (Å²) in [4.78, 5) is 15.4. The lowest BCUT2D eigenvalue weighted by Gasteiger charge is -2.07. The smallest absolute Gasteiger partial charge is 0.190 e. The number of Topliss-reactive ketones (excluding diaryl/α,β-unsaturated/α-hetero) is 1. The molecule has 3 aromatic rings. The highest BCUT2D eigenvalue weighted by Crippen LogP contribution is 2.18. The number of nitrogens with one attached hydrogen (secondary N) is 1. The molecule has 3 rings (SSSR count). The van der Waals surface area contributed by atoms with Gasteiger partial charge in [-0.3, -0.25) is 4.79 Å². The van der Waals surface area contributed by atoms with Crippen molar-refractivity contribution in [1.82, 2.24) is 4.98 Å². The van der Waals surface area contributed by atoms with Crippen molar-refractivity contribution < 1.29 is 9.53 Å². The Morgan fingerprint density at radius 2 is 1.95 bits per heavy atom. The number of hydrogen-bond donors (Lipinski definition) is 1. The van der Waals surface area contributed by atoms with E-state index in [1.54, 1.807) is 6.20 Å². The molecule has 0 bridgehead atoms. The number of carbonyl (C=O) groups excluding carboxylic acids is 1. The van der Waals surface area contributed by atoms with E-state index < -0.39 is 0 Å². The first-order valence-corrected chi connectivity index (χ1v) is 7.38. The van der Waals surface area contributed by atoms with Crippen molar-refractivity contribution in [1.29, 1.82) is 0 Å². The maximum atomic E-state index is 12.3. The second-order valence-electron chi connectivity index (χ2n) is 5.59. The highest BCUT2D eigenvalue weighted by Gasteiger charge is 2.12. The number of benzene rings is 2. The number of hydrogen-bond acceptors (Lipinski definition) is 2. The molecule has 1 N–H and O–H groups in total. The van der Waals surface area contributed by atoms with Crippen LogP contribution in [-0.4, -0.2) is 17.4 Å². The van der Waals surface area contributed by atoms with E-state index in [2.05, 4.69) is 37.0 Å². The van der Waals surface area contributed by atoms with Crippen LogP contribution < -0.4 is 0 Å². The van der Waals surface area contributed by atoms with Crippen LogP contribution in [0.4, 0.5) is 0 Å². The van der Waals surface area contributed by atoms with E-state index in [0.29, 0.717) is 12.2 Å². The number of aromatic nitrogens is 1. The van der Waals surface area contributed by atoms with Gasteiger partial charge in [0, 0.05) is 22.7 Å². The minimum absolute atomic E-state index is 0.00205. The van der Waals surface area contributed by atoms with E-state index in [9.17, 15) is 4.79 Å². The number of H-pyrrole nitrogens is 1. The van der Waals surface area contributed by atoms with Gasteiger partial charge in [-0.1, -0.05) is 42.0 Å². The van der Waals surface area contributed by atoms with Crippen molar-refractivity contribution in [2.24, 2.45) is 0 Å². The van der Waals surface area contributed by atoms with Crippen LogP contribution in [0.15, 0.2) is 48.7 Å². The van der Waals surface area contributed by atoms with Gasteiger partial charge in [-0.05, 0) is 31.0 Å². The van der Waals surface area contributed by atoms with Crippen molar-refractivity contribution in [3.8, 4) is 0 Å². The summed E-state index contributed by atoms with van der Waals surface area (Å²) in [6.45, 7) is 4.68.